The monoisotopic (exact) mass is 333 g/mol. The molecular weight excluding hydrogens is 302 g/mol. The maximum Gasteiger partial charge on any atom is 0.346 e. The van der Waals surface area contributed by atoms with E-state index in [2.05, 4.69) is 72.1 Å². The summed E-state index contributed by atoms with van der Waals surface area (Å²) in [6.45, 7) is 11.5. The number of aromatic nitrogens is 1. The van der Waals surface area contributed by atoms with Crippen molar-refractivity contribution in [2.75, 3.05) is 38.5 Å². The molecule has 0 saturated heterocycles. The van der Waals surface area contributed by atoms with Gasteiger partial charge in [0, 0.05) is 6.54 Å². The lowest BCUT2D eigenvalue weighted by Gasteiger charge is -2.29. The van der Waals surface area contributed by atoms with Gasteiger partial charge in [-0.1, -0.05) is 26.8 Å². The molecule has 0 N–H and O–H groups in total. The van der Waals surface area contributed by atoms with E-state index >= 15 is 0 Å². The quantitative estimate of drug-likeness (QED) is 0.300. The van der Waals surface area contributed by atoms with Gasteiger partial charge in [-0.05, 0) is 58.7 Å². The summed E-state index contributed by atoms with van der Waals surface area (Å²) >= 11 is 0. The molecule has 1 unspecified atom stereocenters. The molecule has 1 aromatic heterocycles. The summed E-state index contributed by atoms with van der Waals surface area (Å²) in [5.41, 5.74) is 1.14. The molecular formula is C17H31BN4P+. The molecule has 0 aliphatic rings. The van der Waals surface area contributed by atoms with Crippen LogP contribution in [0.4, 0.5) is 11.5 Å². The third-order valence-electron chi connectivity index (χ3n) is 3.47. The van der Waals surface area contributed by atoms with Crippen molar-refractivity contribution in [2.45, 2.75) is 33.7 Å². The summed E-state index contributed by atoms with van der Waals surface area (Å²) in [5, 5.41) is 0. The predicted octanol–water partition coefficient (Wildman–Crippen LogP) is 3.22. The van der Waals surface area contributed by atoms with E-state index in [-0.39, 0.29) is 0 Å². The maximum absolute atomic E-state index is 6.32. The fraction of sp³-hybridized carbons (Fsp3) is 0.647. The average Bonchev–Trinajstić information content (AvgIpc) is 2.45. The molecule has 23 heavy (non-hydrogen) atoms. The summed E-state index contributed by atoms with van der Waals surface area (Å²) in [5.74, 6) is 1.58. The lowest BCUT2D eigenvalue weighted by Crippen LogP contribution is -2.37. The molecule has 1 rings (SSSR count). The van der Waals surface area contributed by atoms with Crippen LogP contribution in [0, 0.1) is 5.92 Å². The summed E-state index contributed by atoms with van der Waals surface area (Å²) in [6.07, 6.45) is 5.06. The van der Waals surface area contributed by atoms with E-state index < -0.39 is 7.95 Å². The Morgan fingerprint density at radius 2 is 2.04 bits per heavy atom. The third kappa shape index (κ3) is 6.60. The van der Waals surface area contributed by atoms with Gasteiger partial charge in [0.05, 0.1) is 12.7 Å². The van der Waals surface area contributed by atoms with Crippen molar-refractivity contribution < 1.29 is 4.57 Å². The second-order valence-corrected chi connectivity index (χ2v) is 8.13. The zero-order chi connectivity index (χ0) is 17.4. The molecule has 4 nitrogen and oxygen atoms in total. The Bertz CT molecular complexity index is 503. The molecule has 1 heterocycles. The van der Waals surface area contributed by atoms with Crippen molar-refractivity contribution in [3.8, 4) is 0 Å². The number of aliphatic imine (C=N–C) groups is 1. The van der Waals surface area contributed by atoms with Gasteiger partial charge in [0.2, 0.25) is 0 Å². The standard InChI is InChI=1S/C17H31BN4P/c1-7-19-17-16(10-8-12-21(17)14-15(2)3)22(23(6)18)13-9-11-20(4)5/h7-8,10,12,15H,9,11,13-14H2,1-6H3/q+1. The molecule has 2 radical (unpaired) electrons. The Kier molecular flexibility index (Phi) is 8.79. The highest BCUT2D eigenvalue weighted by atomic mass is 31.1. The Morgan fingerprint density at radius 3 is 2.57 bits per heavy atom. The van der Waals surface area contributed by atoms with Crippen LogP contribution < -0.4 is 9.24 Å². The van der Waals surface area contributed by atoms with Gasteiger partial charge in [0.15, 0.2) is 0 Å². The van der Waals surface area contributed by atoms with Gasteiger partial charge < -0.3 is 9.57 Å². The highest BCUT2D eigenvalue weighted by Gasteiger charge is 2.22. The van der Waals surface area contributed by atoms with Gasteiger partial charge in [-0.3, -0.25) is 0 Å². The number of hydrogen-bond acceptors (Lipinski definition) is 3. The first-order valence-corrected chi connectivity index (χ1v) is 10.1. The molecule has 0 amide bonds. The smallest absolute Gasteiger partial charge is 0.346 e. The Balaban J connectivity index is 3.13. The van der Waals surface area contributed by atoms with Crippen LogP contribution in [0.25, 0.3) is 0 Å². The first-order chi connectivity index (χ1) is 10.9. The van der Waals surface area contributed by atoms with Crippen molar-refractivity contribution >= 4 is 33.2 Å². The van der Waals surface area contributed by atoms with Crippen LogP contribution in [0.1, 0.15) is 27.2 Å². The number of anilines is 1. The molecule has 1 aromatic rings. The molecule has 0 fully saturated rings. The minimum Gasteiger partial charge on any atom is -0.354 e. The number of rotatable bonds is 9. The number of hydrogen-bond donors (Lipinski definition) is 0. The molecule has 0 aliphatic carbocycles. The largest absolute Gasteiger partial charge is 0.354 e. The van der Waals surface area contributed by atoms with Crippen molar-refractivity contribution in [1.82, 2.24) is 4.90 Å². The van der Waals surface area contributed by atoms with Gasteiger partial charge >= 0.3 is 5.82 Å². The topological polar surface area (TPSA) is 22.7 Å². The van der Waals surface area contributed by atoms with Gasteiger partial charge in [-0.15, -0.1) is 0 Å². The fourth-order valence-electron chi connectivity index (χ4n) is 2.52. The average molecular weight is 333 g/mol. The van der Waals surface area contributed by atoms with Crippen LogP contribution in [0.5, 0.6) is 0 Å². The SMILES string of the molecule is [B]P(C)N(CCCN(C)C)c1ccc[n+](CC(C)C)c1N=CC. The molecule has 1 atom stereocenters. The van der Waals surface area contributed by atoms with Gasteiger partial charge in [-0.2, -0.15) is 0 Å². The Labute approximate surface area is 144 Å². The van der Waals surface area contributed by atoms with Crippen molar-refractivity contribution in [1.29, 1.82) is 0 Å². The van der Waals surface area contributed by atoms with E-state index in [1.807, 2.05) is 13.1 Å². The second-order valence-electron chi connectivity index (χ2n) is 6.50. The normalized spacial score (nSPS) is 13.2. The van der Waals surface area contributed by atoms with Crippen LogP contribution in [-0.2, 0) is 6.54 Å². The number of nitrogens with zero attached hydrogens (tertiary/aromatic N) is 4. The fourth-order valence-corrected chi connectivity index (χ4v) is 3.47. The minimum atomic E-state index is -0.703. The van der Waals surface area contributed by atoms with Gasteiger partial charge in [0.1, 0.15) is 19.5 Å². The van der Waals surface area contributed by atoms with Crippen LogP contribution >= 0.6 is 7.95 Å². The van der Waals surface area contributed by atoms with Crippen molar-refractivity contribution in [2.24, 2.45) is 10.9 Å². The lowest BCUT2D eigenvalue weighted by molar-refractivity contribution is -0.689. The minimum absolute atomic E-state index is 0.573. The molecule has 0 saturated carbocycles. The molecule has 0 aromatic carbocycles. The summed E-state index contributed by atoms with van der Waals surface area (Å²) in [6, 6.07) is 4.24. The molecule has 6 heteroatoms. The molecule has 0 aliphatic heterocycles. The van der Waals surface area contributed by atoms with Crippen LogP contribution in [0.3, 0.4) is 0 Å². The van der Waals surface area contributed by atoms with Crippen LogP contribution in [-0.4, -0.2) is 52.5 Å². The van der Waals surface area contributed by atoms with Crippen LogP contribution in [0.2, 0.25) is 0 Å². The van der Waals surface area contributed by atoms with E-state index in [1.54, 1.807) is 0 Å². The van der Waals surface area contributed by atoms with E-state index in [4.69, 9.17) is 7.57 Å². The summed E-state index contributed by atoms with van der Waals surface area (Å²) < 4.78 is 4.55. The third-order valence-corrected chi connectivity index (χ3v) is 4.65. The zero-order valence-electron chi connectivity index (χ0n) is 15.5. The second kappa shape index (κ2) is 10.0. The van der Waals surface area contributed by atoms with E-state index in [9.17, 15) is 0 Å². The Hall–Kier alpha value is -0.925. The van der Waals surface area contributed by atoms with Gasteiger partial charge in [0.25, 0.3) is 0 Å². The summed E-state index contributed by atoms with van der Waals surface area (Å²) in [4.78, 5) is 6.86. The highest BCUT2D eigenvalue weighted by molar-refractivity contribution is 7.82. The first-order valence-electron chi connectivity index (χ1n) is 8.28. The van der Waals surface area contributed by atoms with E-state index in [0.29, 0.717) is 5.92 Å². The zero-order valence-corrected chi connectivity index (χ0v) is 16.4. The maximum atomic E-state index is 6.32. The first kappa shape index (κ1) is 20.1. The molecule has 126 valence electrons. The highest BCUT2D eigenvalue weighted by Crippen LogP contribution is 2.39. The predicted molar refractivity (Wildman–Crippen MR) is 104 cm³/mol. The summed E-state index contributed by atoms with van der Waals surface area (Å²) in [7, 11) is 9.82. The molecule has 0 bridgehead atoms. The Morgan fingerprint density at radius 1 is 1.35 bits per heavy atom. The van der Waals surface area contributed by atoms with E-state index in [0.717, 1.165) is 37.6 Å². The van der Waals surface area contributed by atoms with Crippen molar-refractivity contribution in [3.63, 3.8) is 0 Å². The van der Waals surface area contributed by atoms with E-state index in [1.165, 1.54) is 0 Å². The van der Waals surface area contributed by atoms with Crippen molar-refractivity contribution in [3.05, 3.63) is 18.3 Å². The van der Waals surface area contributed by atoms with Crippen LogP contribution in [0.15, 0.2) is 23.3 Å². The number of pyridine rings is 1. The van der Waals surface area contributed by atoms with Gasteiger partial charge in [-0.25, -0.2) is 4.57 Å². The lowest BCUT2D eigenvalue weighted by atomic mass is 10.2. The molecule has 0 spiro atoms.